The van der Waals surface area contributed by atoms with Crippen LogP contribution in [-0.2, 0) is 6.42 Å². The van der Waals surface area contributed by atoms with Crippen molar-refractivity contribution in [3.05, 3.63) is 32.5 Å². The molecule has 0 saturated carbocycles. The molecule has 82 valence electrons. The molecule has 0 aliphatic heterocycles. The van der Waals surface area contributed by atoms with Gasteiger partial charge in [0.15, 0.2) is 0 Å². The minimum absolute atomic E-state index is 0.0179. The van der Waals surface area contributed by atoms with Gasteiger partial charge in [-0.3, -0.25) is 15.1 Å². The van der Waals surface area contributed by atoms with E-state index in [0.29, 0.717) is 10.9 Å². The number of pyridine rings is 1. The predicted molar refractivity (Wildman–Crippen MR) is 60.6 cm³/mol. The molecule has 5 nitrogen and oxygen atoms in total. The molecule has 1 aromatic heterocycles. The van der Waals surface area contributed by atoms with E-state index >= 15 is 0 Å². The summed E-state index contributed by atoms with van der Waals surface area (Å²) in [6.07, 6.45) is 2.72. The van der Waals surface area contributed by atoms with Gasteiger partial charge in [0.25, 0.3) is 5.69 Å². The fourth-order valence-corrected chi connectivity index (χ4v) is 1.60. The molecule has 0 fully saturated rings. The van der Waals surface area contributed by atoms with Crippen molar-refractivity contribution in [2.24, 2.45) is 5.73 Å². The number of rotatable bonds is 4. The van der Waals surface area contributed by atoms with Crippen molar-refractivity contribution in [1.29, 1.82) is 0 Å². The van der Waals surface area contributed by atoms with Crippen LogP contribution in [0.15, 0.2) is 16.7 Å². The highest BCUT2D eigenvalue weighted by atomic mass is 79.9. The van der Waals surface area contributed by atoms with Crippen molar-refractivity contribution >= 4 is 21.6 Å². The summed E-state index contributed by atoms with van der Waals surface area (Å²) in [6, 6.07) is 1.49. The Morgan fingerprint density at radius 3 is 2.87 bits per heavy atom. The second kappa shape index (κ2) is 5.18. The van der Waals surface area contributed by atoms with Gasteiger partial charge < -0.3 is 5.73 Å². The lowest BCUT2D eigenvalue weighted by Crippen LogP contribution is -2.22. The van der Waals surface area contributed by atoms with Crippen molar-refractivity contribution in [2.75, 3.05) is 0 Å². The molecule has 0 spiro atoms. The van der Waals surface area contributed by atoms with Gasteiger partial charge >= 0.3 is 0 Å². The van der Waals surface area contributed by atoms with E-state index < -0.39 is 4.92 Å². The van der Waals surface area contributed by atoms with E-state index in [0.717, 1.165) is 12.1 Å². The highest BCUT2D eigenvalue weighted by Crippen LogP contribution is 2.21. The SMILES string of the molecule is CCC(N)Cc1ncc([N+](=O)[O-])cc1Br. The van der Waals surface area contributed by atoms with E-state index in [4.69, 9.17) is 5.73 Å². The van der Waals surface area contributed by atoms with Gasteiger partial charge in [-0.25, -0.2) is 0 Å². The number of nitrogens with zero attached hydrogens (tertiary/aromatic N) is 2. The highest BCUT2D eigenvalue weighted by Gasteiger charge is 2.12. The van der Waals surface area contributed by atoms with Crippen molar-refractivity contribution in [2.45, 2.75) is 25.8 Å². The van der Waals surface area contributed by atoms with Crippen LogP contribution >= 0.6 is 15.9 Å². The van der Waals surface area contributed by atoms with Crippen molar-refractivity contribution in [3.63, 3.8) is 0 Å². The molecule has 1 atom stereocenters. The molecule has 1 heterocycles. The molecular weight excluding hydrogens is 262 g/mol. The van der Waals surface area contributed by atoms with Gasteiger partial charge in [-0.1, -0.05) is 6.92 Å². The zero-order valence-electron chi connectivity index (χ0n) is 8.31. The molecule has 2 N–H and O–H groups in total. The first-order valence-electron chi connectivity index (χ1n) is 4.59. The van der Waals surface area contributed by atoms with E-state index in [9.17, 15) is 10.1 Å². The highest BCUT2D eigenvalue weighted by molar-refractivity contribution is 9.10. The van der Waals surface area contributed by atoms with Gasteiger partial charge in [0, 0.05) is 23.0 Å². The van der Waals surface area contributed by atoms with Crippen molar-refractivity contribution < 1.29 is 4.92 Å². The Balaban J connectivity index is 2.88. The first kappa shape index (κ1) is 12.1. The summed E-state index contributed by atoms with van der Waals surface area (Å²) in [5.74, 6) is 0. The van der Waals surface area contributed by atoms with Gasteiger partial charge in [0.2, 0.25) is 0 Å². The van der Waals surface area contributed by atoms with Crippen LogP contribution in [0.5, 0.6) is 0 Å². The van der Waals surface area contributed by atoms with E-state index in [1.807, 2.05) is 6.92 Å². The third-order valence-electron chi connectivity index (χ3n) is 2.09. The zero-order chi connectivity index (χ0) is 11.4. The van der Waals surface area contributed by atoms with Gasteiger partial charge in [-0.15, -0.1) is 0 Å². The molecule has 0 amide bonds. The van der Waals surface area contributed by atoms with Gasteiger partial charge in [0.1, 0.15) is 6.20 Å². The van der Waals surface area contributed by atoms with E-state index in [1.54, 1.807) is 0 Å². The van der Waals surface area contributed by atoms with Gasteiger partial charge in [-0.05, 0) is 22.4 Å². The monoisotopic (exact) mass is 273 g/mol. The molecule has 0 aliphatic rings. The Hall–Kier alpha value is -1.01. The molecule has 0 aromatic carbocycles. The van der Waals surface area contributed by atoms with E-state index in [1.165, 1.54) is 12.3 Å². The topological polar surface area (TPSA) is 82.0 Å². The quantitative estimate of drug-likeness (QED) is 0.672. The van der Waals surface area contributed by atoms with Crippen LogP contribution in [-0.4, -0.2) is 15.9 Å². The predicted octanol–water partition coefficient (Wildman–Crippen LogP) is 2.03. The minimum Gasteiger partial charge on any atom is -0.327 e. The molecule has 0 saturated heterocycles. The molecule has 1 rings (SSSR count). The Morgan fingerprint density at radius 1 is 1.73 bits per heavy atom. The summed E-state index contributed by atoms with van der Waals surface area (Å²) in [5.41, 5.74) is 6.52. The summed E-state index contributed by atoms with van der Waals surface area (Å²) >= 11 is 3.25. The summed E-state index contributed by atoms with van der Waals surface area (Å²) in [6.45, 7) is 1.99. The zero-order valence-corrected chi connectivity index (χ0v) is 9.90. The van der Waals surface area contributed by atoms with Gasteiger partial charge in [0.05, 0.1) is 10.6 Å². The van der Waals surface area contributed by atoms with Crippen LogP contribution in [0, 0.1) is 10.1 Å². The fraction of sp³-hybridized carbons (Fsp3) is 0.444. The van der Waals surface area contributed by atoms with E-state index in [2.05, 4.69) is 20.9 Å². The van der Waals surface area contributed by atoms with Crippen LogP contribution in [0.1, 0.15) is 19.0 Å². The smallest absolute Gasteiger partial charge is 0.288 e. The van der Waals surface area contributed by atoms with Crippen LogP contribution in [0.4, 0.5) is 5.69 Å². The second-order valence-electron chi connectivity index (χ2n) is 3.25. The molecule has 0 aliphatic carbocycles. The average molecular weight is 274 g/mol. The standard InChI is InChI=1S/C9H12BrN3O2/c1-2-6(11)3-9-8(10)4-7(5-12-9)13(14)15/h4-6H,2-3,11H2,1H3. The normalized spacial score (nSPS) is 12.5. The second-order valence-corrected chi connectivity index (χ2v) is 4.11. The molecule has 6 heteroatoms. The largest absolute Gasteiger partial charge is 0.327 e. The Kier molecular flexibility index (Phi) is 4.16. The molecule has 0 radical (unpaired) electrons. The molecule has 0 bridgehead atoms. The third-order valence-corrected chi connectivity index (χ3v) is 2.78. The number of hydrogen-bond donors (Lipinski definition) is 1. The number of nitrogens with two attached hydrogens (primary N) is 1. The fourth-order valence-electron chi connectivity index (χ4n) is 1.10. The maximum absolute atomic E-state index is 10.5. The lowest BCUT2D eigenvalue weighted by molar-refractivity contribution is -0.385. The number of aromatic nitrogens is 1. The lowest BCUT2D eigenvalue weighted by atomic mass is 10.1. The Bertz CT molecular complexity index is 370. The molecular formula is C9H12BrN3O2. The number of halogens is 1. The van der Waals surface area contributed by atoms with Crippen LogP contribution in [0.2, 0.25) is 0 Å². The first-order valence-corrected chi connectivity index (χ1v) is 5.38. The summed E-state index contributed by atoms with van der Waals surface area (Å²) in [4.78, 5) is 14.0. The molecule has 15 heavy (non-hydrogen) atoms. The van der Waals surface area contributed by atoms with Crippen LogP contribution < -0.4 is 5.73 Å². The van der Waals surface area contributed by atoms with Gasteiger partial charge in [-0.2, -0.15) is 0 Å². The summed E-state index contributed by atoms with van der Waals surface area (Å²) in [7, 11) is 0. The molecule has 1 aromatic rings. The number of nitro groups is 1. The summed E-state index contributed by atoms with van der Waals surface area (Å²) < 4.78 is 0.639. The Morgan fingerprint density at radius 2 is 2.40 bits per heavy atom. The van der Waals surface area contributed by atoms with Crippen LogP contribution in [0.3, 0.4) is 0 Å². The third kappa shape index (κ3) is 3.24. The van der Waals surface area contributed by atoms with Crippen molar-refractivity contribution in [1.82, 2.24) is 4.98 Å². The minimum atomic E-state index is -0.471. The summed E-state index contributed by atoms with van der Waals surface area (Å²) in [5, 5.41) is 10.5. The average Bonchev–Trinajstić information content (AvgIpc) is 2.20. The number of hydrogen-bond acceptors (Lipinski definition) is 4. The lowest BCUT2D eigenvalue weighted by Gasteiger charge is -2.08. The first-order chi connectivity index (χ1) is 7.04. The molecule has 1 unspecified atom stereocenters. The van der Waals surface area contributed by atoms with Crippen LogP contribution in [0.25, 0.3) is 0 Å². The Labute approximate surface area is 96.0 Å². The maximum Gasteiger partial charge on any atom is 0.288 e. The maximum atomic E-state index is 10.5. The van der Waals surface area contributed by atoms with E-state index in [-0.39, 0.29) is 11.7 Å². The van der Waals surface area contributed by atoms with Crippen molar-refractivity contribution in [3.8, 4) is 0 Å².